The first-order valence-electron chi connectivity index (χ1n) is 8.85. The van der Waals surface area contributed by atoms with Crippen molar-refractivity contribution < 1.29 is 14.3 Å². The molecule has 1 aromatic rings. The Balaban J connectivity index is 1.59. The normalized spacial score (nSPS) is 23.3. The molecule has 2 saturated heterocycles. The molecular formula is C19H28N2O3. The van der Waals surface area contributed by atoms with Gasteiger partial charge in [0.05, 0.1) is 13.2 Å². The molecular weight excluding hydrogens is 304 g/mol. The Kier molecular flexibility index (Phi) is 5.11. The van der Waals surface area contributed by atoms with Crippen LogP contribution >= 0.6 is 0 Å². The molecule has 2 amide bonds. The van der Waals surface area contributed by atoms with E-state index in [2.05, 4.69) is 31.3 Å². The lowest BCUT2D eigenvalue weighted by Crippen LogP contribution is -2.51. The number of rotatable bonds is 3. The molecule has 24 heavy (non-hydrogen) atoms. The van der Waals surface area contributed by atoms with Gasteiger partial charge in [-0.1, -0.05) is 18.2 Å². The van der Waals surface area contributed by atoms with Crippen LogP contribution in [0.5, 0.6) is 0 Å². The van der Waals surface area contributed by atoms with Gasteiger partial charge < -0.3 is 19.7 Å². The molecule has 1 aromatic carbocycles. The lowest BCUT2D eigenvalue weighted by Gasteiger charge is -2.39. The Morgan fingerprint density at radius 3 is 2.62 bits per heavy atom. The first kappa shape index (κ1) is 17.2. The number of ether oxygens (including phenoxy) is 2. The van der Waals surface area contributed by atoms with Crippen LogP contribution < -0.4 is 5.32 Å². The van der Waals surface area contributed by atoms with Crippen LogP contribution in [0.2, 0.25) is 0 Å². The van der Waals surface area contributed by atoms with Crippen LogP contribution in [0.25, 0.3) is 0 Å². The molecule has 0 saturated carbocycles. The van der Waals surface area contributed by atoms with Gasteiger partial charge in [-0.05, 0) is 50.3 Å². The predicted molar refractivity (Wildman–Crippen MR) is 92.8 cm³/mol. The molecule has 2 aliphatic heterocycles. The molecule has 2 aliphatic rings. The van der Waals surface area contributed by atoms with Gasteiger partial charge in [0.25, 0.3) is 0 Å². The van der Waals surface area contributed by atoms with E-state index in [1.807, 2.05) is 17.9 Å². The summed E-state index contributed by atoms with van der Waals surface area (Å²) in [5.41, 5.74) is 3.63. The largest absolute Gasteiger partial charge is 0.347 e. The van der Waals surface area contributed by atoms with Gasteiger partial charge in [0.1, 0.15) is 0 Å². The summed E-state index contributed by atoms with van der Waals surface area (Å²) in [5, 5.41) is 3.08. The molecule has 132 valence electrons. The highest BCUT2D eigenvalue weighted by Gasteiger charge is 2.42. The summed E-state index contributed by atoms with van der Waals surface area (Å²) < 4.78 is 11.6. The number of nitrogens with zero attached hydrogens (tertiary/aromatic N) is 1. The number of nitrogens with one attached hydrogen (secondary N) is 1. The van der Waals surface area contributed by atoms with Gasteiger partial charge in [0.15, 0.2) is 5.79 Å². The zero-order valence-electron chi connectivity index (χ0n) is 14.9. The van der Waals surface area contributed by atoms with Crippen LogP contribution in [-0.2, 0) is 16.0 Å². The first-order valence-corrected chi connectivity index (χ1v) is 8.85. The highest BCUT2D eigenvalue weighted by molar-refractivity contribution is 5.74. The summed E-state index contributed by atoms with van der Waals surface area (Å²) in [6.45, 7) is 9.52. The van der Waals surface area contributed by atoms with Gasteiger partial charge in [-0.25, -0.2) is 4.79 Å². The van der Waals surface area contributed by atoms with Crippen LogP contribution in [0.15, 0.2) is 18.2 Å². The Morgan fingerprint density at radius 2 is 1.96 bits per heavy atom. The van der Waals surface area contributed by atoms with Crippen molar-refractivity contribution >= 4 is 6.03 Å². The van der Waals surface area contributed by atoms with Crippen molar-refractivity contribution in [2.45, 2.75) is 45.9 Å². The van der Waals surface area contributed by atoms with E-state index in [0.717, 1.165) is 19.4 Å². The van der Waals surface area contributed by atoms with Crippen LogP contribution in [0.3, 0.4) is 0 Å². The van der Waals surface area contributed by atoms with E-state index in [1.165, 1.54) is 16.7 Å². The maximum absolute atomic E-state index is 12.6. The zero-order valence-corrected chi connectivity index (χ0v) is 14.9. The minimum atomic E-state index is -0.536. The van der Waals surface area contributed by atoms with Gasteiger partial charge in [-0.2, -0.15) is 0 Å². The molecule has 5 heteroatoms. The fraction of sp³-hybridized carbons (Fsp3) is 0.632. The summed E-state index contributed by atoms with van der Waals surface area (Å²) in [6.07, 6.45) is 2.03. The topological polar surface area (TPSA) is 50.8 Å². The number of carbonyl (C=O) groups is 1. The van der Waals surface area contributed by atoms with Crippen LogP contribution in [-0.4, -0.2) is 43.0 Å². The van der Waals surface area contributed by atoms with Crippen molar-refractivity contribution in [3.8, 4) is 0 Å². The number of benzene rings is 1. The highest BCUT2D eigenvalue weighted by atomic mass is 16.7. The van der Waals surface area contributed by atoms with E-state index in [0.29, 0.717) is 26.3 Å². The number of amides is 2. The molecule has 0 aliphatic carbocycles. The third kappa shape index (κ3) is 3.57. The number of hydrogen-bond acceptors (Lipinski definition) is 3. The van der Waals surface area contributed by atoms with Gasteiger partial charge in [-0.3, -0.25) is 0 Å². The number of likely N-dealkylation sites (tertiary alicyclic amines) is 1. The highest BCUT2D eigenvalue weighted by Crippen LogP contribution is 2.34. The average Bonchev–Trinajstić information content (AvgIpc) is 3.02. The van der Waals surface area contributed by atoms with Gasteiger partial charge in [-0.15, -0.1) is 0 Å². The predicted octanol–water partition coefficient (Wildman–Crippen LogP) is 2.99. The molecule has 0 spiro atoms. The number of hydrogen-bond donors (Lipinski definition) is 1. The minimum Gasteiger partial charge on any atom is -0.347 e. The van der Waals surface area contributed by atoms with E-state index in [1.54, 1.807) is 0 Å². The zero-order chi connectivity index (χ0) is 17.2. The van der Waals surface area contributed by atoms with Gasteiger partial charge >= 0.3 is 6.03 Å². The molecule has 1 unspecified atom stereocenters. The third-order valence-electron chi connectivity index (χ3n) is 5.37. The van der Waals surface area contributed by atoms with E-state index in [-0.39, 0.29) is 11.9 Å². The molecule has 0 aromatic heterocycles. The van der Waals surface area contributed by atoms with Crippen molar-refractivity contribution in [1.29, 1.82) is 0 Å². The third-order valence-corrected chi connectivity index (χ3v) is 5.37. The van der Waals surface area contributed by atoms with Crippen LogP contribution in [0.4, 0.5) is 4.79 Å². The van der Waals surface area contributed by atoms with Crippen molar-refractivity contribution in [3.63, 3.8) is 0 Å². The van der Waals surface area contributed by atoms with Crippen molar-refractivity contribution in [2.75, 3.05) is 26.3 Å². The standard InChI is InChI=1S/C19H28N2O3/c1-14-6-4-7-15(2)17(14)12-20-18(22)21-9-5-8-16(13-21)19(3)23-10-11-24-19/h4,6-7,16H,5,8-13H2,1-3H3,(H,20,22). The van der Waals surface area contributed by atoms with Gasteiger partial charge in [0.2, 0.25) is 0 Å². The summed E-state index contributed by atoms with van der Waals surface area (Å²) in [5.74, 6) is -0.300. The minimum absolute atomic E-state index is 0.00366. The Morgan fingerprint density at radius 1 is 1.29 bits per heavy atom. The lowest BCUT2D eigenvalue weighted by atomic mass is 9.90. The monoisotopic (exact) mass is 332 g/mol. The summed E-state index contributed by atoms with van der Waals surface area (Å²) >= 11 is 0. The number of piperidine rings is 1. The van der Waals surface area contributed by atoms with E-state index < -0.39 is 5.79 Å². The molecule has 0 bridgehead atoms. The molecule has 0 radical (unpaired) electrons. The summed E-state index contributed by atoms with van der Waals surface area (Å²) in [7, 11) is 0. The van der Waals surface area contributed by atoms with Crippen molar-refractivity contribution in [2.24, 2.45) is 5.92 Å². The number of carbonyl (C=O) groups excluding carboxylic acids is 1. The smallest absolute Gasteiger partial charge is 0.317 e. The molecule has 5 nitrogen and oxygen atoms in total. The molecule has 1 atom stereocenters. The van der Waals surface area contributed by atoms with Crippen molar-refractivity contribution in [1.82, 2.24) is 10.2 Å². The maximum atomic E-state index is 12.6. The number of urea groups is 1. The maximum Gasteiger partial charge on any atom is 0.317 e. The quantitative estimate of drug-likeness (QED) is 0.926. The summed E-state index contributed by atoms with van der Waals surface area (Å²) in [4.78, 5) is 14.5. The average molecular weight is 332 g/mol. The van der Waals surface area contributed by atoms with E-state index in [9.17, 15) is 4.79 Å². The van der Waals surface area contributed by atoms with Crippen LogP contribution in [0, 0.1) is 19.8 Å². The lowest BCUT2D eigenvalue weighted by molar-refractivity contribution is -0.189. The molecule has 1 N–H and O–H groups in total. The summed E-state index contributed by atoms with van der Waals surface area (Å²) in [6, 6.07) is 6.22. The second kappa shape index (κ2) is 7.11. The van der Waals surface area contributed by atoms with E-state index in [4.69, 9.17) is 9.47 Å². The Bertz CT molecular complexity index is 576. The Labute approximate surface area is 144 Å². The van der Waals surface area contributed by atoms with Crippen LogP contribution in [0.1, 0.15) is 36.5 Å². The van der Waals surface area contributed by atoms with Gasteiger partial charge in [0, 0.05) is 25.6 Å². The second-order valence-electron chi connectivity index (χ2n) is 7.03. The molecule has 3 rings (SSSR count). The van der Waals surface area contributed by atoms with E-state index >= 15 is 0 Å². The fourth-order valence-corrected chi connectivity index (χ4v) is 3.76. The number of aryl methyl sites for hydroxylation is 2. The molecule has 2 fully saturated rings. The SMILES string of the molecule is Cc1cccc(C)c1CNC(=O)N1CCCC(C2(C)OCCO2)C1. The van der Waals surface area contributed by atoms with Crippen molar-refractivity contribution in [3.05, 3.63) is 34.9 Å². The second-order valence-corrected chi connectivity index (χ2v) is 7.03. The first-order chi connectivity index (χ1) is 11.5. The molecule has 2 heterocycles. The fourth-order valence-electron chi connectivity index (χ4n) is 3.76. The Hall–Kier alpha value is -1.59.